The monoisotopic (exact) mass is 314 g/mol. The fraction of sp³-hybridized carbons (Fsp3) is 0.875. The predicted molar refractivity (Wildman–Crippen MR) is 77.7 cm³/mol. The number of ether oxygens (including phenoxy) is 2. The fourth-order valence-corrected chi connectivity index (χ4v) is 2.81. The quantitative estimate of drug-likeness (QED) is 0.576. The summed E-state index contributed by atoms with van der Waals surface area (Å²) in [6.45, 7) is 10.9. The van der Waals surface area contributed by atoms with Gasteiger partial charge in [-0.05, 0) is 54.4 Å². The molecule has 1 saturated heterocycles. The van der Waals surface area contributed by atoms with E-state index < -0.39 is 29.1 Å². The molecule has 4 atom stereocenters. The molecule has 2 aliphatic rings. The molecule has 0 spiro atoms. The van der Waals surface area contributed by atoms with Crippen LogP contribution in [0, 0.1) is 11.8 Å². The average Bonchev–Trinajstić information content (AvgIpc) is 2.59. The standard InChI is InChI=1S/C16H26O6/c1-15(2,3)19-13(17)9-7-8-10-11(12(9)22-21-10)14(18)20-16(4,5)6/h9-12H,7-8H2,1-6H3. The Morgan fingerprint density at radius 2 is 1.41 bits per heavy atom. The highest BCUT2D eigenvalue weighted by atomic mass is 17.2. The molecule has 6 heteroatoms. The number of rotatable bonds is 2. The van der Waals surface area contributed by atoms with Crippen molar-refractivity contribution in [3.63, 3.8) is 0 Å². The molecule has 0 aromatic heterocycles. The van der Waals surface area contributed by atoms with Gasteiger partial charge in [-0.1, -0.05) is 0 Å². The van der Waals surface area contributed by atoms with Gasteiger partial charge in [-0.3, -0.25) is 9.59 Å². The third-order valence-corrected chi connectivity index (χ3v) is 3.59. The first-order chi connectivity index (χ1) is 9.98. The summed E-state index contributed by atoms with van der Waals surface area (Å²) in [4.78, 5) is 35.2. The molecule has 2 rings (SSSR count). The van der Waals surface area contributed by atoms with Crippen LogP contribution < -0.4 is 0 Å². The number of carbonyl (C=O) groups is 2. The normalized spacial score (nSPS) is 31.7. The van der Waals surface area contributed by atoms with E-state index in [0.717, 1.165) is 0 Å². The summed E-state index contributed by atoms with van der Waals surface area (Å²) < 4.78 is 10.9. The Morgan fingerprint density at radius 1 is 0.864 bits per heavy atom. The van der Waals surface area contributed by atoms with Crippen molar-refractivity contribution in [3.8, 4) is 0 Å². The van der Waals surface area contributed by atoms with Crippen molar-refractivity contribution in [1.82, 2.24) is 0 Å². The zero-order chi connectivity index (χ0) is 16.7. The predicted octanol–water partition coefficient (Wildman–Crippen LogP) is 2.40. The molecular formula is C16H26O6. The maximum Gasteiger partial charge on any atom is 0.315 e. The van der Waals surface area contributed by atoms with Gasteiger partial charge in [-0.15, -0.1) is 0 Å². The highest BCUT2D eigenvalue weighted by Gasteiger charge is 2.55. The van der Waals surface area contributed by atoms with E-state index in [2.05, 4.69) is 0 Å². The Balaban J connectivity index is 2.11. The largest absolute Gasteiger partial charge is 0.460 e. The van der Waals surface area contributed by atoms with Crippen molar-refractivity contribution in [2.75, 3.05) is 0 Å². The van der Waals surface area contributed by atoms with E-state index in [0.29, 0.717) is 12.8 Å². The molecule has 1 heterocycles. The maximum absolute atomic E-state index is 12.4. The third kappa shape index (κ3) is 3.98. The zero-order valence-electron chi connectivity index (χ0n) is 14.2. The van der Waals surface area contributed by atoms with E-state index in [-0.39, 0.29) is 18.0 Å². The molecular weight excluding hydrogens is 288 g/mol. The van der Waals surface area contributed by atoms with E-state index in [4.69, 9.17) is 19.2 Å². The highest BCUT2D eigenvalue weighted by Crippen LogP contribution is 2.41. The molecule has 1 aliphatic heterocycles. The van der Waals surface area contributed by atoms with Crippen molar-refractivity contribution in [3.05, 3.63) is 0 Å². The lowest BCUT2D eigenvalue weighted by Gasteiger charge is -2.32. The van der Waals surface area contributed by atoms with Crippen LogP contribution in [0.5, 0.6) is 0 Å². The second kappa shape index (κ2) is 5.81. The van der Waals surface area contributed by atoms with E-state index in [1.54, 1.807) is 0 Å². The Bertz CT molecular complexity index is 445. The van der Waals surface area contributed by atoms with Gasteiger partial charge in [0.15, 0.2) is 0 Å². The van der Waals surface area contributed by atoms with Crippen molar-refractivity contribution >= 4 is 11.9 Å². The smallest absolute Gasteiger partial charge is 0.315 e. The SMILES string of the molecule is CC(C)(C)OC(=O)C1CCC2OOC1C2C(=O)OC(C)(C)C. The molecule has 0 aromatic carbocycles. The van der Waals surface area contributed by atoms with Crippen molar-refractivity contribution in [1.29, 1.82) is 0 Å². The molecule has 22 heavy (non-hydrogen) atoms. The van der Waals surface area contributed by atoms with Crippen molar-refractivity contribution in [2.45, 2.75) is 77.8 Å². The van der Waals surface area contributed by atoms with E-state index in [1.165, 1.54) is 0 Å². The molecule has 126 valence electrons. The van der Waals surface area contributed by atoms with Gasteiger partial charge in [0.25, 0.3) is 0 Å². The topological polar surface area (TPSA) is 71.1 Å². The van der Waals surface area contributed by atoms with Crippen molar-refractivity contribution < 1.29 is 28.8 Å². The first-order valence-corrected chi connectivity index (χ1v) is 7.76. The van der Waals surface area contributed by atoms with Crippen LogP contribution in [-0.4, -0.2) is 35.3 Å². The number of hydrogen-bond acceptors (Lipinski definition) is 6. The summed E-state index contributed by atoms with van der Waals surface area (Å²) in [5, 5.41) is 0. The molecule has 2 fully saturated rings. The number of hydrogen-bond donors (Lipinski definition) is 0. The Kier molecular flexibility index (Phi) is 4.55. The highest BCUT2D eigenvalue weighted by molar-refractivity contribution is 5.79. The van der Waals surface area contributed by atoms with Crippen molar-refractivity contribution in [2.24, 2.45) is 11.8 Å². The van der Waals surface area contributed by atoms with Gasteiger partial charge < -0.3 is 9.47 Å². The molecule has 0 amide bonds. The third-order valence-electron chi connectivity index (χ3n) is 3.59. The Labute approximate surface area is 131 Å². The lowest BCUT2D eigenvalue weighted by molar-refractivity contribution is -0.295. The summed E-state index contributed by atoms with van der Waals surface area (Å²) in [6.07, 6.45) is 0.176. The Hall–Kier alpha value is -1.14. The summed E-state index contributed by atoms with van der Waals surface area (Å²) in [5.74, 6) is -1.82. The molecule has 6 nitrogen and oxygen atoms in total. The first kappa shape index (κ1) is 17.2. The molecule has 2 bridgehead atoms. The van der Waals surface area contributed by atoms with Gasteiger partial charge in [0.05, 0.1) is 5.92 Å². The minimum absolute atomic E-state index is 0.349. The minimum atomic E-state index is -0.636. The lowest BCUT2D eigenvalue weighted by Crippen LogP contribution is -2.47. The van der Waals surface area contributed by atoms with Crippen LogP contribution in [0.2, 0.25) is 0 Å². The summed E-state index contributed by atoms with van der Waals surface area (Å²) in [5.41, 5.74) is -1.16. The van der Waals surface area contributed by atoms with Gasteiger partial charge in [0, 0.05) is 0 Å². The van der Waals surface area contributed by atoms with Gasteiger partial charge in [-0.25, -0.2) is 9.78 Å². The summed E-state index contributed by atoms with van der Waals surface area (Å²) >= 11 is 0. The zero-order valence-corrected chi connectivity index (χ0v) is 14.2. The molecule has 4 unspecified atom stereocenters. The minimum Gasteiger partial charge on any atom is -0.460 e. The lowest BCUT2D eigenvalue weighted by atomic mass is 9.77. The van der Waals surface area contributed by atoms with E-state index >= 15 is 0 Å². The Morgan fingerprint density at radius 3 is 1.95 bits per heavy atom. The molecule has 0 aromatic rings. The van der Waals surface area contributed by atoms with Crippen LogP contribution in [0.15, 0.2) is 0 Å². The van der Waals surface area contributed by atoms with E-state index in [1.807, 2.05) is 41.5 Å². The number of esters is 2. The van der Waals surface area contributed by atoms with Crippen LogP contribution in [0.25, 0.3) is 0 Å². The van der Waals surface area contributed by atoms with Crippen LogP contribution in [0.1, 0.15) is 54.4 Å². The second-order valence-corrected chi connectivity index (χ2v) is 7.97. The van der Waals surface area contributed by atoms with Gasteiger partial charge in [-0.2, -0.15) is 0 Å². The number of fused-ring (bicyclic) bond motifs is 2. The first-order valence-electron chi connectivity index (χ1n) is 7.76. The molecule has 1 saturated carbocycles. The average molecular weight is 314 g/mol. The van der Waals surface area contributed by atoms with Crippen LogP contribution >= 0.6 is 0 Å². The maximum atomic E-state index is 12.4. The van der Waals surface area contributed by atoms with Gasteiger partial charge in [0.1, 0.15) is 29.3 Å². The molecule has 1 aliphatic carbocycles. The van der Waals surface area contributed by atoms with Crippen LogP contribution in [-0.2, 0) is 28.8 Å². The second-order valence-electron chi connectivity index (χ2n) is 7.97. The molecule has 0 radical (unpaired) electrons. The molecule has 0 N–H and O–H groups in total. The van der Waals surface area contributed by atoms with E-state index in [9.17, 15) is 9.59 Å². The van der Waals surface area contributed by atoms with Gasteiger partial charge >= 0.3 is 11.9 Å². The van der Waals surface area contributed by atoms with Crippen LogP contribution in [0.3, 0.4) is 0 Å². The fourth-order valence-electron chi connectivity index (χ4n) is 2.81. The number of carbonyl (C=O) groups excluding carboxylic acids is 2. The summed E-state index contributed by atoms with van der Waals surface area (Å²) in [6, 6.07) is 0. The van der Waals surface area contributed by atoms with Crippen LogP contribution in [0.4, 0.5) is 0 Å². The summed E-state index contributed by atoms with van der Waals surface area (Å²) in [7, 11) is 0. The van der Waals surface area contributed by atoms with Gasteiger partial charge in [0.2, 0.25) is 0 Å².